The van der Waals surface area contributed by atoms with Crippen LogP contribution in [0, 0.1) is 5.92 Å². The minimum atomic E-state index is 0.919. The predicted molar refractivity (Wildman–Crippen MR) is 103 cm³/mol. The average Bonchev–Trinajstić information content (AvgIpc) is 2.52. The zero-order chi connectivity index (χ0) is 16.3. The summed E-state index contributed by atoms with van der Waals surface area (Å²) in [5.74, 6) is 0.919. The van der Waals surface area contributed by atoms with Crippen LogP contribution in [0.3, 0.4) is 0 Å². The summed E-state index contributed by atoms with van der Waals surface area (Å²) in [6.07, 6.45) is 23.2. The van der Waals surface area contributed by atoms with Gasteiger partial charge in [0, 0.05) is 0 Å². The lowest BCUT2D eigenvalue weighted by Gasteiger charge is -2.15. The molecule has 1 atom stereocenters. The van der Waals surface area contributed by atoms with Crippen LogP contribution >= 0.6 is 0 Å². The van der Waals surface area contributed by atoms with Gasteiger partial charge in [0.05, 0.1) is 0 Å². The normalized spacial score (nSPS) is 12.7. The SMILES string of the molecule is CCCCCCCCCCCCCCCC(CCC)CNC. The summed E-state index contributed by atoms with van der Waals surface area (Å²) < 4.78 is 0. The van der Waals surface area contributed by atoms with E-state index in [0.717, 1.165) is 5.92 Å². The van der Waals surface area contributed by atoms with Gasteiger partial charge in [-0.1, -0.05) is 104 Å². The van der Waals surface area contributed by atoms with Gasteiger partial charge < -0.3 is 5.32 Å². The third kappa shape index (κ3) is 16.3. The standard InChI is InChI=1S/C21H45N/c1-4-6-7-8-9-10-11-12-13-14-15-16-17-19-21(18-5-2)20-22-3/h21-22H,4-20H2,1-3H3. The minimum Gasteiger partial charge on any atom is -0.319 e. The highest BCUT2D eigenvalue weighted by atomic mass is 14.8. The number of rotatable bonds is 18. The van der Waals surface area contributed by atoms with E-state index in [1.54, 1.807) is 0 Å². The van der Waals surface area contributed by atoms with Crippen molar-refractivity contribution in [3.63, 3.8) is 0 Å². The van der Waals surface area contributed by atoms with Gasteiger partial charge in [0.2, 0.25) is 0 Å². The van der Waals surface area contributed by atoms with Gasteiger partial charge in [-0.25, -0.2) is 0 Å². The lowest BCUT2D eigenvalue weighted by molar-refractivity contribution is 0.405. The smallest absolute Gasteiger partial charge is 0.00235 e. The van der Waals surface area contributed by atoms with E-state index in [1.807, 2.05) is 0 Å². The van der Waals surface area contributed by atoms with E-state index in [9.17, 15) is 0 Å². The third-order valence-corrected chi connectivity index (χ3v) is 4.91. The van der Waals surface area contributed by atoms with Crippen LogP contribution in [0.2, 0.25) is 0 Å². The molecule has 0 aliphatic heterocycles. The summed E-state index contributed by atoms with van der Waals surface area (Å²) in [5, 5.41) is 3.35. The summed E-state index contributed by atoms with van der Waals surface area (Å²) in [5.41, 5.74) is 0. The number of hydrogen-bond donors (Lipinski definition) is 1. The van der Waals surface area contributed by atoms with Crippen molar-refractivity contribution < 1.29 is 0 Å². The molecule has 1 unspecified atom stereocenters. The van der Waals surface area contributed by atoms with Crippen molar-refractivity contribution in [1.29, 1.82) is 0 Å². The Balaban J connectivity index is 3.16. The molecular formula is C21H45N. The van der Waals surface area contributed by atoms with Crippen LogP contribution in [-0.4, -0.2) is 13.6 Å². The van der Waals surface area contributed by atoms with Crippen molar-refractivity contribution in [2.24, 2.45) is 5.92 Å². The second-order valence-electron chi connectivity index (χ2n) is 7.24. The minimum absolute atomic E-state index is 0.919. The zero-order valence-electron chi connectivity index (χ0n) is 16.1. The largest absolute Gasteiger partial charge is 0.319 e. The van der Waals surface area contributed by atoms with E-state index >= 15 is 0 Å². The van der Waals surface area contributed by atoms with Crippen LogP contribution < -0.4 is 5.32 Å². The van der Waals surface area contributed by atoms with Gasteiger partial charge in [-0.2, -0.15) is 0 Å². The van der Waals surface area contributed by atoms with E-state index in [-0.39, 0.29) is 0 Å². The molecule has 1 N–H and O–H groups in total. The molecule has 0 spiro atoms. The molecule has 134 valence electrons. The van der Waals surface area contributed by atoms with Crippen molar-refractivity contribution >= 4 is 0 Å². The average molecular weight is 312 g/mol. The van der Waals surface area contributed by atoms with Crippen molar-refractivity contribution in [2.75, 3.05) is 13.6 Å². The maximum atomic E-state index is 3.35. The Morgan fingerprint density at radius 2 is 1.00 bits per heavy atom. The highest BCUT2D eigenvalue weighted by Gasteiger charge is 2.05. The molecular weight excluding hydrogens is 266 g/mol. The Morgan fingerprint density at radius 3 is 1.41 bits per heavy atom. The van der Waals surface area contributed by atoms with Gasteiger partial charge in [0.25, 0.3) is 0 Å². The van der Waals surface area contributed by atoms with Crippen LogP contribution in [0.1, 0.15) is 117 Å². The van der Waals surface area contributed by atoms with Gasteiger partial charge in [-0.05, 0) is 32.4 Å². The summed E-state index contributed by atoms with van der Waals surface area (Å²) in [6, 6.07) is 0. The van der Waals surface area contributed by atoms with Crippen LogP contribution in [0.4, 0.5) is 0 Å². The molecule has 0 aromatic carbocycles. The summed E-state index contributed by atoms with van der Waals surface area (Å²) in [4.78, 5) is 0. The third-order valence-electron chi connectivity index (χ3n) is 4.91. The fraction of sp³-hybridized carbons (Fsp3) is 1.00. The van der Waals surface area contributed by atoms with Crippen LogP contribution in [0.25, 0.3) is 0 Å². The molecule has 0 saturated heterocycles. The molecule has 0 bridgehead atoms. The van der Waals surface area contributed by atoms with E-state index in [2.05, 4.69) is 26.2 Å². The van der Waals surface area contributed by atoms with E-state index < -0.39 is 0 Å². The monoisotopic (exact) mass is 311 g/mol. The molecule has 0 heterocycles. The van der Waals surface area contributed by atoms with Gasteiger partial charge in [0.1, 0.15) is 0 Å². The molecule has 0 aromatic heterocycles. The van der Waals surface area contributed by atoms with E-state index in [4.69, 9.17) is 0 Å². The molecule has 0 aliphatic carbocycles. The predicted octanol–water partition coefficient (Wildman–Crippen LogP) is 7.10. The van der Waals surface area contributed by atoms with Crippen molar-refractivity contribution in [3.8, 4) is 0 Å². The Hall–Kier alpha value is -0.0400. The lowest BCUT2D eigenvalue weighted by atomic mass is 9.96. The highest BCUT2D eigenvalue weighted by molar-refractivity contribution is 4.61. The van der Waals surface area contributed by atoms with E-state index in [0.29, 0.717) is 0 Å². The molecule has 0 rings (SSSR count). The van der Waals surface area contributed by atoms with Crippen LogP contribution in [0.5, 0.6) is 0 Å². The molecule has 0 aromatic rings. The fourth-order valence-electron chi connectivity index (χ4n) is 3.50. The van der Waals surface area contributed by atoms with Crippen molar-refractivity contribution in [3.05, 3.63) is 0 Å². The Labute approximate surface area is 142 Å². The molecule has 0 saturated carbocycles. The maximum absolute atomic E-state index is 3.35. The van der Waals surface area contributed by atoms with E-state index in [1.165, 1.54) is 109 Å². The first kappa shape index (κ1) is 22.0. The summed E-state index contributed by atoms with van der Waals surface area (Å²) in [6.45, 7) is 5.82. The molecule has 22 heavy (non-hydrogen) atoms. The van der Waals surface area contributed by atoms with Gasteiger partial charge >= 0.3 is 0 Å². The maximum Gasteiger partial charge on any atom is -0.00235 e. The molecule has 1 heteroatoms. The summed E-state index contributed by atoms with van der Waals surface area (Å²) >= 11 is 0. The fourth-order valence-corrected chi connectivity index (χ4v) is 3.50. The molecule has 0 radical (unpaired) electrons. The van der Waals surface area contributed by atoms with Crippen molar-refractivity contribution in [1.82, 2.24) is 5.32 Å². The van der Waals surface area contributed by atoms with Crippen LogP contribution in [0.15, 0.2) is 0 Å². The second kappa shape index (κ2) is 19.0. The molecule has 0 fully saturated rings. The first-order valence-corrected chi connectivity index (χ1v) is 10.5. The first-order valence-electron chi connectivity index (χ1n) is 10.5. The van der Waals surface area contributed by atoms with Crippen molar-refractivity contribution in [2.45, 2.75) is 117 Å². The Bertz CT molecular complexity index is 184. The lowest BCUT2D eigenvalue weighted by Crippen LogP contribution is -2.18. The topological polar surface area (TPSA) is 12.0 Å². The van der Waals surface area contributed by atoms with Gasteiger partial charge in [-0.3, -0.25) is 0 Å². The number of hydrogen-bond acceptors (Lipinski definition) is 1. The summed E-state index contributed by atoms with van der Waals surface area (Å²) in [7, 11) is 2.09. The number of unbranched alkanes of at least 4 members (excludes halogenated alkanes) is 12. The van der Waals surface area contributed by atoms with Gasteiger partial charge in [0.15, 0.2) is 0 Å². The molecule has 1 nitrogen and oxygen atoms in total. The second-order valence-corrected chi connectivity index (χ2v) is 7.24. The van der Waals surface area contributed by atoms with Crippen LogP contribution in [-0.2, 0) is 0 Å². The Morgan fingerprint density at radius 1 is 0.545 bits per heavy atom. The molecule has 0 amide bonds. The Kier molecular flexibility index (Phi) is 19.0. The quantitative estimate of drug-likeness (QED) is 0.266. The molecule has 0 aliphatic rings. The highest BCUT2D eigenvalue weighted by Crippen LogP contribution is 2.17. The number of nitrogens with one attached hydrogen (secondary N) is 1. The first-order chi connectivity index (χ1) is 10.8. The van der Waals surface area contributed by atoms with Gasteiger partial charge in [-0.15, -0.1) is 0 Å². The zero-order valence-corrected chi connectivity index (χ0v) is 16.1.